The number of aliphatic hydroxyl groups excluding tert-OH is 1. The third kappa shape index (κ3) is 2.33. The zero-order valence-corrected chi connectivity index (χ0v) is 10.7. The third-order valence-corrected chi connectivity index (χ3v) is 2.91. The molecule has 2 rings (SSSR count). The minimum absolute atomic E-state index is 0.465. The molecule has 0 aliphatic rings. The fourth-order valence-corrected chi connectivity index (χ4v) is 2.18. The van der Waals surface area contributed by atoms with E-state index >= 15 is 0 Å². The summed E-state index contributed by atoms with van der Waals surface area (Å²) in [5, 5.41) is 14.8. The Hall–Kier alpha value is -1.39. The molecule has 0 aliphatic heterocycles. The first-order valence-corrected chi connectivity index (χ1v) is 5.67. The standard InChI is InChI=1S/C12H14ClN3O/c1-7-4-9(5-8(2)15-7)12(17)11-10(13)6-14-16(11)3/h4-6,12,17H,1-3H3. The van der Waals surface area contributed by atoms with Gasteiger partial charge in [0.25, 0.3) is 0 Å². The monoisotopic (exact) mass is 251 g/mol. The topological polar surface area (TPSA) is 50.9 Å². The van der Waals surface area contributed by atoms with Gasteiger partial charge < -0.3 is 5.11 Å². The van der Waals surface area contributed by atoms with Crippen molar-refractivity contribution in [3.63, 3.8) is 0 Å². The normalized spacial score (nSPS) is 12.8. The summed E-state index contributed by atoms with van der Waals surface area (Å²) in [7, 11) is 1.76. The summed E-state index contributed by atoms with van der Waals surface area (Å²) in [6.45, 7) is 3.79. The molecule has 1 unspecified atom stereocenters. The van der Waals surface area contributed by atoms with E-state index in [1.807, 2.05) is 26.0 Å². The molecule has 0 saturated carbocycles. The maximum atomic E-state index is 10.3. The van der Waals surface area contributed by atoms with Gasteiger partial charge in [0.05, 0.1) is 16.9 Å². The average Bonchev–Trinajstić information content (AvgIpc) is 2.56. The molecule has 0 aliphatic carbocycles. The molecule has 4 nitrogen and oxygen atoms in total. The second-order valence-corrected chi connectivity index (χ2v) is 4.49. The predicted octanol–water partition coefficient (Wildman–Crippen LogP) is 2.17. The fraction of sp³-hybridized carbons (Fsp3) is 0.333. The second kappa shape index (κ2) is 4.47. The van der Waals surface area contributed by atoms with Gasteiger partial charge in [0.2, 0.25) is 0 Å². The van der Waals surface area contributed by atoms with Crippen molar-refractivity contribution in [3.05, 3.63) is 46.0 Å². The lowest BCUT2D eigenvalue weighted by Crippen LogP contribution is -2.08. The van der Waals surface area contributed by atoms with Gasteiger partial charge in [0.1, 0.15) is 6.10 Å². The van der Waals surface area contributed by atoms with Gasteiger partial charge in [-0.05, 0) is 31.5 Å². The van der Waals surface area contributed by atoms with Crippen LogP contribution in [-0.4, -0.2) is 19.9 Å². The first kappa shape index (κ1) is 12.1. The first-order chi connectivity index (χ1) is 7.99. The summed E-state index contributed by atoms with van der Waals surface area (Å²) in [5.41, 5.74) is 3.12. The molecule has 17 heavy (non-hydrogen) atoms. The number of nitrogens with zero attached hydrogens (tertiary/aromatic N) is 3. The maximum Gasteiger partial charge on any atom is 0.122 e. The number of aromatic nitrogens is 3. The molecule has 2 heterocycles. The van der Waals surface area contributed by atoms with Crippen molar-refractivity contribution in [3.8, 4) is 0 Å². The molecule has 0 saturated heterocycles. The lowest BCUT2D eigenvalue weighted by atomic mass is 10.1. The Morgan fingerprint density at radius 3 is 2.35 bits per heavy atom. The SMILES string of the molecule is Cc1cc(C(O)c2c(Cl)cnn2C)cc(C)n1. The molecular weight excluding hydrogens is 238 g/mol. The summed E-state index contributed by atoms with van der Waals surface area (Å²) in [6.07, 6.45) is 0.747. The van der Waals surface area contributed by atoms with Crippen LogP contribution < -0.4 is 0 Å². The minimum atomic E-state index is -0.782. The van der Waals surface area contributed by atoms with E-state index in [1.54, 1.807) is 11.7 Å². The van der Waals surface area contributed by atoms with Crippen molar-refractivity contribution in [2.75, 3.05) is 0 Å². The molecule has 0 bridgehead atoms. The van der Waals surface area contributed by atoms with E-state index in [4.69, 9.17) is 11.6 Å². The predicted molar refractivity (Wildman–Crippen MR) is 66.0 cm³/mol. The Morgan fingerprint density at radius 2 is 1.88 bits per heavy atom. The van der Waals surface area contributed by atoms with Crippen LogP contribution in [0.25, 0.3) is 0 Å². The minimum Gasteiger partial charge on any atom is -0.382 e. The van der Waals surface area contributed by atoms with Crippen molar-refractivity contribution in [1.29, 1.82) is 0 Å². The number of rotatable bonds is 2. The highest BCUT2D eigenvalue weighted by Gasteiger charge is 2.19. The second-order valence-electron chi connectivity index (χ2n) is 4.09. The Bertz CT molecular complexity index is 511. The lowest BCUT2D eigenvalue weighted by molar-refractivity contribution is 0.209. The summed E-state index contributed by atoms with van der Waals surface area (Å²) in [5.74, 6) is 0. The Labute approximate surface area is 105 Å². The van der Waals surface area contributed by atoms with Crippen LogP contribution in [0.3, 0.4) is 0 Å². The highest BCUT2D eigenvalue weighted by atomic mass is 35.5. The van der Waals surface area contributed by atoms with Crippen LogP contribution in [0, 0.1) is 13.8 Å². The van der Waals surface area contributed by atoms with Crippen molar-refractivity contribution in [1.82, 2.24) is 14.8 Å². The van der Waals surface area contributed by atoms with E-state index in [0.717, 1.165) is 17.0 Å². The van der Waals surface area contributed by atoms with Crippen molar-refractivity contribution < 1.29 is 5.11 Å². The molecule has 0 amide bonds. The highest BCUT2D eigenvalue weighted by molar-refractivity contribution is 6.31. The molecular formula is C12H14ClN3O. The molecule has 0 spiro atoms. The molecule has 0 fully saturated rings. The Morgan fingerprint density at radius 1 is 1.29 bits per heavy atom. The van der Waals surface area contributed by atoms with E-state index in [9.17, 15) is 5.11 Å². The first-order valence-electron chi connectivity index (χ1n) is 5.29. The molecule has 2 aromatic heterocycles. The van der Waals surface area contributed by atoms with E-state index in [1.165, 1.54) is 6.20 Å². The number of pyridine rings is 1. The smallest absolute Gasteiger partial charge is 0.122 e. The van der Waals surface area contributed by atoms with E-state index in [-0.39, 0.29) is 0 Å². The molecule has 90 valence electrons. The van der Waals surface area contributed by atoms with Gasteiger partial charge in [-0.15, -0.1) is 0 Å². The Kier molecular flexibility index (Phi) is 3.17. The summed E-state index contributed by atoms with van der Waals surface area (Å²) in [4.78, 5) is 4.28. The van der Waals surface area contributed by atoms with Gasteiger partial charge in [-0.25, -0.2) is 0 Å². The van der Waals surface area contributed by atoms with E-state index in [0.29, 0.717) is 10.7 Å². The van der Waals surface area contributed by atoms with Gasteiger partial charge in [0.15, 0.2) is 0 Å². The van der Waals surface area contributed by atoms with Gasteiger partial charge in [0, 0.05) is 18.4 Å². The summed E-state index contributed by atoms with van der Waals surface area (Å²) in [6, 6.07) is 3.70. The van der Waals surface area contributed by atoms with Crippen molar-refractivity contribution >= 4 is 11.6 Å². The molecule has 2 aromatic rings. The largest absolute Gasteiger partial charge is 0.382 e. The van der Waals surface area contributed by atoms with E-state index < -0.39 is 6.10 Å². The zero-order chi connectivity index (χ0) is 12.6. The number of hydrogen-bond acceptors (Lipinski definition) is 3. The van der Waals surface area contributed by atoms with Crippen LogP contribution in [0.4, 0.5) is 0 Å². The van der Waals surface area contributed by atoms with Crippen LogP contribution >= 0.6 is 11.6 Å². The van der Waals surface area contributed by atoms with Crippen LogP contribution in [0.5, 0.6) is 0 Å². The third-order valence-electron chi connectivity index (χ3n) is 2.62. The molecule has 0 radical (unpaired) electrons. The molecule has 0 aromatic carbocycles. The maximum absolute atomic E-state index is 10.3. The quantitative estimate of drug-likeness (QED) is 0.890. The summed E-state index contributed by atoms with van der Waals surface area (Å²) >= 11 is 6.01. The molecule has 5 heteroatoms. The number of hydrogen-bond donors (Lipinski definition) is 1. The zero-order valence-electron chi connectivity index (χ0n) is 9.98. The average molecular weight is 252 g/mol. The number of halogens is 1. The molecule has 1 N–H and O–H groups in total. The fourth-order valence-electron chi connectivity index (χ4n) is 1.91. The van der Waals surface area contributed by atoms with Crippen LogP contribution in [0.2, 0.25) is 5.02 Å². The molecule has 1 atom stereocenters. The summed E-state index contributed by atoms with van der Waals surface area (Å²) < 4.78 is 1.58. The lowest BCUT2D eigenvalue weighted by Gasteiger charge is -2.13. The van der Waals surface area contributed by atoms with E-state index in [2.05, 4.69) is 10.1 Å². The van der Waals surface area contributed by atoms with Gasteiger partial charge >= 0.3 is 0 Å². The number of aryl methyl sites for hydroxylation is 3. The number of aliphatic hydroxyl groups is 1. The highest BCUT2D eigenvalue weighted by Crippen LogP contribution is 2.28. The van der Waals surface area contributed by atoms with Crippen LogP contribution in [0.15, 0.2) is 18.3 Å². The van der Waals surface area contributed by atoms with Crippen LogP contribution in [-0.2, 0) is 7.05 Å². The van der Waals surface area contributed by atoms with Crippen LogP contribution in [0.1, 0.15) is 28.7 Å². The van der Waals surface area contributed by atoms with Crippen molar-refractivity contribution in [2.45, 2.75) is 20.0 Å². The van der Waals surface area contributed by atoms with Gasteiger partial charge in [-0.2, -0.15) is 5.10 Å². The van der Waals surface area contributed by atoms with Gasteiger partial charge in [-0.3, -0.25) is 9.67 Å². The Balaban J connectivity index is 2.47. The van der Waals surface area contributed by atoms with Gasteiger partial charge in [-0.1, -0.05) is 11.6 Å². The van der Waals surface area contributed by atoms with Crippen molar-refractivity contribution in [2.24, 2.45) is 7.05 Å².